The van der Waals surface area contributed by atoms with Gasteiger partial charge in [-0.3, -0.25) is 0 Å². The third kappa shape index (κ3) is 5.34. The van der Waals surface area contributed by atoms with E-state index in [-0.39, 0.29) is 25.0 Å². The Balaban J connectivity index is 0.00000256. The van der Waals surface area contributed by atoms with Gasteiger partial charge in [0.15, 0.2) is 23.0 Å². The minimum absolute atomic E-state index is 0. The van der Waals surface area contributed by atoms with Gasteiger partial charge in [0.2, 0.25) is 6.79 Å². The van der Waals surface area contributed by atoms with Crippen LogP contribution in [0, 0.1) is 5.82 Å². The summed E-state index contributed by atoms with van der Waals surface area (Å²) in [6.45, 7) is 2.29. The van der Waals surface area contributed by atoms with E-state index in [2.05, 4.69) is 11.4 Å². The van der Waals surface area contributed by atoms with Crippen molar-refractivity contribution in [2.24, 2.45) is 0 Å². The number of halogens is 2. The number of methoxy groups -OCH3 is 1. The van der Waals surface area contributed by atoms with Crippen LogP contribution < -0.4 is 36.7 Å². The predicted octanol–water partition coefficient (Wildman–Crippen LogP) is 0.410. The maximum atomic E-state index is 13.0. The first-order chi connectivity index (χ1) is 14.2. The fourth-order valence-corrected chi connectivity index (χ4v) is 3.17. The minimum Gasteiger partial charge on any atom is -1.00 e. The second-order valence-electron chi connectivity index (χ2n) is 6.78. The maximum absolute atomic E-state index is 13.0. The van der Waals surface area contributed by atoms with Gasteiger partial charge in [-0.1, -0.05) is 12.1 Å². The molecule has 0 unspecified atom stereocenters. The summed E-state index contributed by atoms with van der Waals surface area (Å²) in [6.07, 6.45) is 0. The van der Waals surface area contributed by atoms with Crippen molar-refractivity contribution in [2.45, 2.75) is 19.7 Å². The molecule has 0 aliphatic carbocycles. The lowest BCUT2D eigenvalue weighted by Gasteiger charge is -2.12. The van der Waals surface area contributed by atoms with Crippen LogP contribution in [-0.4, -0.2) is 13.9 Å². The maximum Gasteiger partial charge on any atom is 0.231 e. The van der Waals surface area contributed by atoms with E-state index in [1.165, 1.54) is 17.7 Å². The predicted molar refractivity (Wildman–Crippen MR) is 106 cm³/mol. The first-order valence-corrected chi connectivity index (χ1v) is 9.45. The Kier molecular flexibility index (Phi) is 7.38. The van der Waals surface area contributed by atoms with Crippen molar-refractivity contribution in [1.82, 2.24) is 0 Å². The number of rotatable bonds is 8. The van der Waals surface area contributed by atoms with Gasteiger partial charge in [-0.2, -0.15) is 0 Å². The lowest BCUT2D eigenvalue weighted by molar-refractivity contribution is -0.686. The zero-order valence-electron chi connectivity index (χ0n) is 16.6. The lowest BCUT2D eigenvalue weighted by atomic mass is 10.1. The first kappa shape index (κ1) is 21.7. The van der Waals surface area contributed by atoms with Crippen LogP contribution in [0.1, 0.15) is 16.7 Å². The number of benzene rings is 3. The van der Waals surface area contributed by atoms with Crippen molar-refractivity contribution in [3.05, 3.63) is 83.2 Å². The number of quaternary nitrogens is 1. The Hall–Kier alpha value is -2.96. The monoisotopic (exact) mass is 431 g/mol. The largest absolute Gasteiger partial charge is 1.00 e. The van der Waals surface area contributed by atoms with Crippen molar-refractivity contribution in [2.75, 3.05) is 13.9 Å². The summed E-state index contributed by atoms with van der Waals surface area (Å²) in [5, 5.41) is 2.21. The summed E-state index contributed by atoms with van der Waals surface area (Å²) >= 11 is 0. The molecule has 1 heterocycles. The molecule has 7 heteroatoms. The fraction of sp³-hybridized carbons (Fsp3) is 0.217. The van der Waals surface area contributed by atoms with Gasteiger partial charge in [0.1, 0.15) is 25.5 Å². The summed E-state index contributed by atoms with van der Waals surface area (Å²) in [7, 11) is 1.63. The smallest absolute Gasteiger partial charge is 0.231 e. The highest BCUT2D eigenvalue weighted by Crippen LogP contribution is 2.32. The third-order valence-corrected chi connectivity index (χ3v) is 4.73. The van der Waals surface area contributed by atoms with Gasteiger partial charge in [0.25, 0.3) is 0 Å². The van der Waals surface area contributed by atoms with Crippen molar-refractivity contribution < 1.29 is 41.1 Å². The van der Waals surface area contributed by atoms with Crippen LogP contribution in [0.3, 0.4) is 0 Å². The van der Waals surface area contributed by atoms with E-state index < -0.39 is 0 Å². The molecule has 5 nitrogen and oxygen atoms in total. The fourth-order valence-electron chi connectivity index (χ4n) is 3.17. The molecular formula is C23H23ClFNO4. The summed E-state index contributed by atoms with van der Waals surface area (Å²) in [5.41, 5.74) is 3.21. The topological polar surface area (TPSA) is 53.5 Å². The van der Waals surface area contributed by atoms with E-state index in [1.54, 1.807) is 19.2 Å². The SMILES string of the molecule is COc1cc(C[NH2+]Cc2ccc3c(c2)OCO3)ccc1OCc1ccc(F)cc1.[Cl-]. The lowest BCUT2D eigenvalue weighted by Crippen LogP contribution is -3.00. The van der Waals surface area contributed by atoms with Crippen molar-refractivity contribution >= 4 is 0 Å². The normalized spacial score (nSPS) is 11.7. The molecule has 0 aromatic heterocycles. The van der Waals surface area contributed by atoms with Crippen molar-refractivity contribution in [3.63, 3.8) is 0 Å². The molecule has 3 aromatic carbocycles. The first-order valence-electron chi connectivity index (χ1n) is 9.45. The Labute approximate surface area is 181 Å². The van der Waals surface area contributed by atoms with Crippen LogP contribution in [0.4, 0.5) is 4.39 Å². The highest BCUT2D eigenvalue weighted by molar-refractivity contribution is 5.44. The molecule has 30 heavy (non-hydrogen) atoms. The molecule has 0 radical (unpaired) electrons. The number of hydrogen-bond donors (Lipinski definition) is 1. The molecule has 1 aliphatic rings. The minimum atomic E-state index is -0.257. The summed E-state index contributed by atoms with van der Waals surface area (Å²) < 4.78 is 35.1. The van der Waals surface area contributed by atoms with E-state index in [4.69, 9.17) is 18.9 Å². The third-order valence-electron chi connectivity index (χ3n) is 4.73. The molecule has 3 aromatic rings. The molecule has 0 atom stereocenters. The second kappa shape index (κ2) is 10.2. The van der Waals surface area contributed by atoms with E-state index in [9.17, 15) is 4.39 Å². The zero-order chi connectivity index (χ0) is 20.1. The molecule has 0 bridgehead atoms. The molecular weight excluding hydrogens is 409 g/mol. The second-order valence-corrected chi connectivity index (χ2v) is 6.78. The molecule has 0 fully saturated rings. The van der Waals surface area contributed by atoms with Gasteiger partial charge in [0.05, 0.1) is 7.11 Å². The van der Waals surface area contributed by atoms with Gasteiger partial charge < -0.3 is 36.7 Å². The van der Waals surface area contributed by atoms with E-state index in [0.29, 0.717) is 18.1 Å². The standard InChI is InChI=1S/C23H22FNO4.ClH/c1-26-22-10-17(4-8-20(22)27-14-16-2-6-19(24)7-3-16)12-25-13-18-5-9-21-23(11-18)29-15-28-21;/h2-11,25H,12-15H2,1H3;1H. The van der Waals surface area contributed by atoms with E-state index in [0.717, 1.165) is 35.7 Å². The Morgan fingerprint density at radius 3 is 2.27 bits per heavy atom. The van der Waals surface area contributed by atoms with E-state index >= 15 is 0 Å². The molecule has 158 valence electrons. The van der Waals surface area contributed by atoms with Gasteiger partial charge in [0, 0.05) is 11.1 Å². The van der Waals surface area contributed by atoms with Crippen LogP contribution in [-0.2, 0) is 19.7 Å². The van der Waals surface area contributed by atoms with Crippen molar-refractivity contribution in [3.8, 4) is 23.0 Å². The quantitative estimate of drug-likeness (QED) is 0.561. The zero-order valence-corrected chi connectivity index (χ0v) is 17.3. The Morgan fingerprint density at radius 2 is 1.50 bits per heavy atom. The molecule has 2 N–H and O–H groups in total. The Morgan fingerprint density at radius 1 is 0.833 bits per heavy atom. The molecule has 4 rings (SSSR count). The average molecular weight is 432 g/mol. The van der Waals surface area contributed by atoms with Gasteiger partial charge >= 0.3 is 0 Å². The van der Waals surface area contributed by atoms with E-state index in [1.807, 2.05) is 30.3 Å². The summed E-state index contributed by atoms with van der Waals surface area (Å²) in [4.78, 5) is 0. The highest BCUT2D eigenvalue weighted by atomic mass is 35.5. The molecule has 0 saturated heterocycles. The van der Waals surface area contributed by atoms with Crippen LogP contribution in [0.25, 0.3) is 0 Å². The number of nitrogens with two attached hydrogens (primary N) is 1. The number of ether oxygens (including phenoxy) is 4. The summed E-state index contributed by atoms with van der Waals surface area (Å²) in [5.74, 6) is 2.69. The van der Waals surface area contributed by atoms with Crippen LogP contribution in [0.15, 0.2) is 60.7 Å². The van der Waals surface area contributed by atoms with Gasteiger partial charge in [-0.15, -0.1) is 0 Å². The van der Waals surface area contributed by atoms with Crippen LogP contribution >= 0.6 is 0 Å². The summed E-state index contributed by atoms with van der Waals surface area (Å²) in [6, 6.07) is 18.2. The van der Waals surface area contributed by atoms with Crippen LogP contribution in [0.5, 0.6) is 23.0 Å². The Bertz CT molecular complexity index is 981. The highest BCUT2D eigenvalue weighted by Gasteiger charge is 2.14. The van der Waals surface area contributed by atoms with Gasteiger partial charge in [-0.25, -0.2) is 4.39 Å². The molecule has 0 amide bonds. The number of fused-ring (bicyclic) bond motifs is 1. The molecule has 0 spiro atoms. The van der Waals surface area contributed by atoms with Gasteiger partial charge in [-0.05, 0) is 54.1 Å². The average Bonchev–Trinajstić information content (AvgIpc) is 3.22. The molecule has 0 saturated carbocycles. The van der Waals surface area contributed by atoms with Crippen LogP contribution in [0.2, 0.25) is 0 Å². The number of hydrogen-bond acceptors (Lipinski definition) is 4. The molecule has 1 aliphatic heterocycles. The van der Waals surface area contributed by atoms with Crippen molar-refractivity contribution in [1.29, 1.82) is 0 Å².